The van der Waals surface area contributed by atoms with Gasteiger partial charge >= 0.3 is 0 Å². The van der Waals surface area contributed by atoms with Crippen molar-refractivity contribution in [2.24, 2.45) is 0 Å². The fourth-order valence-corrected chi connectivity index (χ4v) is 1.70. The predicted octanol–water partition coefficient (Wildman–Crippen LogP) is -0.849. The summed E-state index contributed by atoms with van der Waals surface area (Å²) in [6.07, 6.45) is 2.78. The van der Waals surface area contributed by atoms with E-state index in [2.05, 4.69) is 10.3 Å². The monoisotopic (exact) mass is 248 g/mol. The number of aromatic nitrogens is 1. The molecule has 94 valence electrons. The highest BCUT2D eigenvalue weighted by atomic mass is 16.2. The Hall–Kier alpha value is -2.44. The van der Waals surface area contributed by atoms with Gasteiger partial charge in [-0.2, -0.15) is 0 Å². The Bertz CT molecular complexity index is 529. The Kier molecular flexibility index (Phi) is 2.97. The van der Waals surface area contributed by atoms with Gasteiger partial charge in [-0.25, -0.2) is 0 Å². The van der Waals surface area contributed by atoms with E-state index in [1.807, 2.05) is 0 Å². The molecule has 1 aromatic heterocycles. The molecule has 0 aliphatic carbocycles. The number of pyridine rings is 1. The van der Waals surface area contributed by atoms with Crippen LogP contribution in [0.15, 0.2) is 18.5 Å². The summed E-state index contributed by atoms with van der Waals surface area (Å²) in [7, 11) is 0. The van der Waals surface area contributed by atoms with E-state index in [0.29, 0.717) is 0 Å². The van der Waals surface area contributed by atoms with Crippen LogP contribution in [0.5, 0.6) is 0 Å². The maximum absolute atomic E-state index is 12.2. The molecule has 1 unspecified atom stereocenters. The maximum Gasteiger partial charge on any atom is 0.258 e. The number of rotatable bonds is 1. The molecule has 0 saturated carbocycles. The lowest BCUT2D eigenvalue weighted by atomic mass is 10.1. The molecular formula is C11H12N4O3. The second-order valence-electron chi connectivity index (χ2n) is 3.98. The van der Waals surface area contributed by atoms with E-state index < -0.39 is 23.8 Å². The van der Waals surface area contributed by atoms with Crippen molar-refractivity contribution >= 4 is 23.4 Å². The minimum absolute atomic E-state index is 0.167. The van der Waals surface area contributed by atoms with Crippen LogP contribution in [0, 0.1) is 0 Å². The minimum Gasteiger partial charge on any atom is -0.398 e. The standard InChI is InChI=1S/C11H12N4O3/c1-6-10(17)14-9(16)5-15(6)11(18)7-4-13-3-2-8(7)12/h2-4,6H,5H2,1H3,(H2,12,13)(H,14,16,17). The van der Waals surface area contributed by atoms with Crippen molar-refractivity contribution < 1.29 is 14.4 Å². The van der Waals surface area contributed by atoms with Crippen molar-refractivity contribution in [3.63, 3.8) is 0 Å². The van der Waals surface area contributed by atoms with Crippen molar-refractivity contribution in [3.8, 4) is 0 Å². The molecule has 2 rings (SSSR count). The van der Waals surface area contributed by atoms with E-state index in [4.69, 9.17) is 5.73 Å². The molecule has 1 aromatic rings. The summed E-state index contributed by atoms with van der Waals surface area (Å²) in [6.45, 7) is 1.38. The Balaban J connectivity index is 2.31. The van der Waals surface area contributed by atoms with Gasteiger partial charge in [-0.05, 0) is 13.0 Å². The van der Waals surface area contributed by atoms with Crippen molar-refractivity contribution in [1.29, 1.82) is 0 Å². The van der Waals surface area contributed by atoms with Gasteiger partial charge in [0.1, 0.15) is 12.6 Å². The van der Waals surface area contributed by atoms with Gasteiger partial charge in [0.05, 0.1) is 5.56 Å². The molecule has 0 bridgehead atoms. The fourth-order valence-electron chi connectivity index (χ4n) is 1.70. The molecule has 18 heavy (non-hydrogen) atoms. The Labute approximate surface area is 103 Å². The first-order valence-electron chi connectivity index (χ1n) is 5.35. The van der Waals surface area contributed by atoms with Gasteiger partial charge < -0.3 is 10.6 Å². The molecule has 3 N–H and O–H groups in total. The summed E-state index contributed by atoms with van der Waals surface area (Å²) in [5, 5.41) is 2.16. The lowest BCUT2D eigenvalue weighted by Gasteiger charge is -2.31. The zero-order valence-corrected chi connectivity index (χ0v) is 9.71. The quantitative estimate of drug-likeness (QED) is 0.630. The average Bonchev–Trinajstić information content (AvgIpc) is 2.33. The van der Waals surface area contributed by atoms with Crippen molar-refractivity contribution in [2.45, 2.75) is 13.0 Å². The third kappa shape index (κ3) is 2.02. The average molecular weight is 248 g/mol. The normalized spacial score (nSPS) is 19.6. The number of nitrogens with two attached hydrogens (primary N) is 1. The van der Waals surface area contributed by atoms with Gasteiger partial charge in [-0.3, -0.25) is 24.7 Å². The Morgan fingerprint density at radius 1 is 1.56 bits per heavy atom. The van der Waals surface area contributed by atoms with E-state index >= 15 is 0 Å². The SMILES string of the molecule is CC1C(=O)NC(=O)CN1C(=O)c1cnccc1N. The molecule has 0 spiro atoms. The number of carbonyl (C=O) groups is 3. The molecule has 1 atom stereocenters. The van der Waals surface area contributed by atoms with Crippen molar-refractivity contribution in [2.75, 3.05) is 12.3 Å². The molecule has 7 nitrogen and oxygen atoms in total. The third-order valence-electron chi connectivity index (χ3n) is 2.77. The fraction of sp³-hybridized carbons (Fsp3) is 0.273. The molecule has 1 saturated heterocycles. The van der Waals surface area contributed by atoms with E-state index in [9.17, 15) is 14.4 Å². The lowest BCUT2D eigenvalue weighted by molar-refractivity contribution is -0.138. The molecule has 2 heterocycles. The number of nitrogens with one attached hydrogen (secondary N) is 1. The molecule has 3 amide bonds. The van der Waals surface area contributed by atoms with E-state index in [-0.39, 0.29) is 17.8 Å². The predicted molar refractivity (Wildman–Crippen MR) is 62.3 cm³/mol. The van der Waals surface area contributed by atoms with Crippen LogP contribution < -0.4 is 11.1 Å². The topological polar surface area (TPSA) is 105 Å². The molecule has 1 aliphatic heterocycles. The third-order valence-corrected chi connectivity index (χ3v) is 2.77. The highest BCUT2D eigenvalue weighted by molar-refractivity contribution is 6.08. The number of hydrogen-bond donors (Lipinski definition) is 2. The largest absolute Gasteiger partial charge is 0.398 e. The number of hydrogen-bond acceptors (Lipinski definition) is 5. The van der Waals surface area contributed by atoms with Gasteiger partial charge in [0.25, 0.3) is 5.91 Å². The number of nitrogens with zero attached hydrogens (tertiary/aromatic N) is 2. The highest BCUT2D eigenvalue weighted by Gasteiger charge is 2.34. The smallest absolute Gasteiger partial charge is 0.258 e. The lowest BCUT2D eigenvalue weighted by Crippen LogP contribution is -2.58. The van der Waals surface area contributed by atoms with Gasteiger partial charge in [0.15, 0.2) is 0 Å². The van der Waals surface area contributed by atoms with Crippen LogP contribution in [-0.2, 0) is 9.59 Å². The Morgan fingerprint density at radius 3 is 2.94 bits per heavy atom. The molecule has 0 aromatic carbocycles. The minimum atomic E-state index is -0.713. The van der Waals surface area contributed by atoms with Crippen LogP contribution in [0.2, 0.25) is 0 Å². The van der Waals surface area contributed by atoms with Crippen molar-refractivity contribution in [1.82, 2.24) is 15.2 Å². The first-order valence-corrected chi connectivity index (χ1v) is 5.35. The zero-order valence-electron chi connectivity index (χ0n) is 9.71. The molecular weight excluding hydrogens is 236 g/mol. The maximum atomic E-state index is 12.2. The molecule has 1 aliphatic rings. The molecule has 7 heteroatoms. The summed E-state index contributed by atoms with van der Waals surface area (Å²) in [5.41, 5.74) is 6.12. The van der Waals surface area contributed by atoms with Gasteiger partial charge in [0.2, 0.25) is 11.8 Å². The van der Waals surface area contributed by atoms with Gasteiger partial charge in [0, 0.05) is 18.1 Å². The van der Waals surface area contributed by atoms with Crippen LogP contribution in [-0.4, -0.2) is 40.2 Å². The number of piperazine rings is 1. The van der Waals surface area contributed by atoms with Crippen LogP contribution in [0.1, 0.15) is 17.3 Å². The summed E-state index contributed by atoms with van der Waals surface area (Å²) in [5.74, 6) is -1.48. The highest BCUT2D eigenvalue weighted by Crippen LogP contribution is 2.15. The second-order valence-corrected chi connectivity index (χ2v) is 3.98. The van der Waals surface area contributed by atoms with Crippen LogP contribution in [0.3, 0.4) is 0 Å². The second kappa shape index (κ2) is 4.44. The summed E-state index contributed by atoms with van der Waals surface area (Å²) in [6, 6.07) is 0.777. The van der Waals surface area contributed by atoms with Gasteiger partial charge in [-0.1, -0.05) is 0 Å². The molecule has 1 fully saturated rings. The Morgan fingerprint density at radius 2 is 2.28 bits per heavy atom. The summed E-state index contributed by atoms with van der Waals surface area (Å²) in [4.78, 5) is 39.9. The van der Waals surface area contributed by atoms with Gasteiger partial charge in [-0.15, -0.1) is 0 Å². The summed E-state index contributed by atoms with van der Waals surface area (Å²) >= 11 is 0. The number of nitrogen functional groups attached to an aromatic ring is 1. The van der Waals surface area contributed by atoms with Crippen LogP contribution in [0.4, 0.5) is 5.69 Å². The number of amides is 3. The van der Waals surface area contributed by atoms with Crippen LogP contribution >= 0.6 is 0 Å². The number of imide groups is 1. The van der Waals surface area contributed by atoms with E-state index in [1.165, 1.54) is 23.4 Å². The van der Waals surface area contributed by atoms with E-state index in [1.54, 1.807) is 6.92 Å². The van der Waals surface area contributed by atoms with E-state index in [0.717, 1.165) is 0 Å². The van der Waals surface area contributed by atoms with Crippen molar-refractivity contribution in [3.05, 3.63) is 24.0 Å². The van der Waals surface area contributed by atoms with Crippen LogP contribution in [0.25, 0.3) is 0 Å². The first kappa shape index (κ1) is 12.0. The number of carbonyl (C=O) groups excluding carboxylic acids is 3. The summed E-state index contributed by atoms with van der Waals surface area (Å²) < 4.78 is 0. The number of anilines is 1. The first-order chi connectivity index (χ1) is 8.50. The zero-order chi connectivity index (χ0) is 13.3. The molecule has 0 radical (unpaired) electrons.